The summed E-state index contributed by atoms with van der Waals surface area (Å²) in [6.45, 7) is 4.90. The second kappa shape index (κ2) is 8.12. The Labute approximate surface area is 176 Å². The molecule has 2 aromatic carbocycles. The monoisotopic (exact) mass is 424 g/mol. The molecule has 1 aliphatic rings. The Morgan fingerprint density at radius 2 is 1.53 bits per heavy atom. The molecule has 4 rings (SSSR count). The standard InChI is InChI=1S/C22H24N4O3S/c1-15-16(2)24-21-14-17(6-11-20(21)23-15)22(27)25-18-7-9-19(10-8-18)30(28,29)26-12-4-3-5-13-26/h6-11,14H,3-5,12-13H2,1-2H3,(H,25,27). The molecule has 2 heterocycles. The van der Waals surface area contributed by atoms with E-state index in [4.69, 9.17) is 0 Å². The zero-order valence-corrected chi connectivity index (χ0v) is 17.9. The average Bonchev–Trinajstić information content (AvgIpc) is 2.75. The third kappa shape index (κ3) is 4.06. The van der Waals surface area contributed by atoms with Crippen molar-refractivity contribution in [3.63, 3.8) is 0 Å². The maximum Gasteiger partial charge on any atom is 0.255 e. The molecule has 1 fully saturated rings. The number of piperidine rings is 1. The predicted octanol–water partition coefficient (Wildman–Crippen LogP) is 3.67. The number of anilines is 1. The van der Waals surface area contributed by atoms with Gasteiger partial charge >= 0.3 is 0 Å². The summed E-state index contributed by atoms with van der Waals surface area (Å²) in [6.07, 6.45) is 2.85. The quantitative estimate of drug-likeness (QED) is 0.690. The molecule has 7 nitrogen and oxygen atoms in total. The molecular formula is C22H24N4O3S. The zero-order chi connectivity index (χ0) is 21.3. The lowest BCUT2D eigenvalue weighted by Gasteiger charge is -2.25. The van der Waals surface area contributed by atoms with Crippen molar-refractivity contribution in [1.82, 2.24) is 14.3 Å². The lowest BCUT2D eigenvalue weighted by atomic mass is 10.1. The number of amides is 1. The minimum atomic E-state index is -3.49. The minimum Gasteiger partial charge on any atom is -0.322 e. The highest BCUT2D eigenvalue weighted by molar-refractivity contribution is 7.89. The normalized spacial score (nSPS) is 15.3. The van der Waals surface area contributed by atoms with Gasteiger partial charge in [0.15, 0.2) is 0 Å². The van der Waals surface area contributed by atoms with Gasteiger partial charge in [0.2, 0.25) is 10.0 Å². The number of hydrogen-bond acceptors (Lipinski definition) is 5. The van der Waals surface area contributed by atoms with Crippen LogP contribution < -0.4 is 5.32 Å². The van der Waals surface area contributed by atoms with Crippen LogP contribution in [0.3, 0.4) is 0 Å². The number of aryl methyl sites for hydroxylation is 2. The Morgan fingerprint density at radius 3 is 2.20 bits per heavy atom. The van der Waals surface area contributed by atoms with Crippen molar-refractivity contribution in [3.05, 3.63) is 59.4 Å². The molecular weight excluding hydrogens is 400 g/mol. The summed E-state index contributed by atoms with van der Waals surface area (Å²) in [7, 11) is -3.49. The van der Waals surface area contributed by atoms with Gasteiger partial charge in [-0.05, 0) is 69.2 Å². The van der Waals surface area contributed by atoms with Crippen molar-refractivity contribution < 1.29 is 13.2 Å². The molecule has 1 aromatic heterocycles. The highest BCUT2D eigenvalue weighted by Gasteiger charge is 2.25. The van der Waals surface area contributed by atoms with Crippen molar-refractivity contribution in [1.29, 1.82) is 0 Å². The molecule has 0 bridgehead atoms. The number of aromatic nitrogens is 2. The van der Waals surface area contributed by atoms with Crippen LogP contribution in [0.1, 0.15) is 41.0 Å². The Hall–Kier alpha value is -2.84. The van der Waals surface area contributed by atoms with Crippen molar-refractivity contribution >= 4 is 32.7 Å². The molecule has 1 N–H and O–H groups in total. The van der Waals surface area contributed by atoms with Crippen molar-refractivity contribution in [2.45, 2.75) is 38.0 Å². The van der Waals surface area contributed by atoms with Gasteiger partial charge in [-0.15, -0.1) is 0 Å². The number of nitrogens with one attached hydrogen (secondary N) is 1. The van der Waals surface area contributed by atoms with Gasteiger partial charge in [0, 0.05) is 24.3 Å². The fourth-order valence-electron chi connectivity index (χ4n) is 3.54. The molecule has 0 spiro atoms. The third-order valence-corrected chi connectivity index (χ3v) is 7.32. The van der Waals surface area contributed by atoms with Gasteiger partial charge in [-0.1, -0.05) is 6.42 Å². The fourth-order valence-corrected chi connectivity index (χ4v) is 5.06. The Kier molecular flexibility index (Phi) is 5.53. The Morgan fingerprint density at radius 1 is 0.900 bits per heavy atom. The number of benzene rings is 2. The number of fused-ring (bicyclic) bond motifs is 1. The smallest absolute Gasteiger partial charge is 0.255 e. The van der Waals surface area contributed by atoms with E-state index in [1.54, 1.807) is 30.3 Å². The molecule has 0 radical (unpaired) electrons. The number of carbonyl (C=O) groups is 1. The van der Waals surface area contributed by atoms with E-state index in [0.29, 0.717) is 29.9 Å². The summed E-state index contributed by atoms with van der Waals surface area (Å²) < 4.78 is 27.0. The van der Waals surface area contributed by atoms with E-state index in [9.17, 15) is 13.2 Å². The van der Waals surface area contributed by atoms with E-state index in [0.717, 1.165) is 36.2 Å². The Bertz CT molecular complexity index is 1200. The van der Waals surface area contributed by atoms with E-state index >= 15 is 0 Å². The van der Waals surface area contributed by atoms with Crippen LogP contribution in [0.15, 0.2) is 47.4 Å². The summed E-state index contributed by atoms with van der Waals surface area (Å²) in [5.74, 6) is -0.288. The van der Waals surface area contributed by atoms with E-state index in [-0.39, 0.29) is 10.8 Å². The highest BCUT2D eigenvalue weighted by atomic mass is 32.2. The summed E-state index contributed by atoms with van der Waals surface area (Å²) in [5, 5.41) is 2.81. The average molecular weight is 425 g/mol. The van der Waals surface area contributed by atoms with Gasteiger partial charge in [-0.2, -0.15) is 4.31 Å². The molecule has 1 aliphatic heterocycles. The largest absolute Gasteiger partial charge is 0.322 e. The second-order valence-electron chi connectivity index (χ2n) is 7.54. The first-order chi connectivity index (χ1) is 14.3. The van der Waals surface area contributed by atoms with Gasteiger partial charge in [0.1, 0.15) is 0 Å². The molecule has 1 amide bonds. The molecule has 30 heavy (non-hydrogen) atoms. The Balaban J connectivity index is 1.51. The molecule has 8 heteroatoms. The van der Waals surface area contributed by atoms with Gasteiger partial charge in [0.05, 0.1) is 27.3 Å². The molecule has 0 atom stereocenters. The van der Waals surface area contributed by atoms with Crippen LogP contribution in [-0.4, -0.2) is 41.7 Å². The number of nitrogens with zero attached hydrogens (tertiary/aromatic N) is 3. The summed E-state index contributed by atoms with van der Waals surface area (Å²) in [6, 6.07) is 11.5. The van der Waals surface area contributed by atoms with E-state index in [1.807, 2.05) is 13.8 Å². The number of rotatable bonds is 4. The maximum atomic E-state index is 12.7. The van der Waals surface area contributed by atoms with Crippen LogP contribution in [-0.2, 0) is 10.0 Å². The van der Waals surface area contributed by atoms with E-state index in [2.05, 4.69) is 15.3 Å². The topological polar surface area (TPSA) is 92.3 Å². The van der Waals surface area contributed by atoms with Crippen molar-refractivity contribution in [2.24, 2.45) is 0 Å². The fraction of sp³-hybridized carbons (Fsp3) is 0.318. The summed E-state index contributed by atoms with van der Waals surface area (Å²) in [4.78, 5) is 21.9. The molecule has 0 saturated carbocycles. The molecule has 156 valence electrons. The van der Waals surface area contributed by atoms with E-state index < -0.39 is 10.0 Å². The van der Waals surface area contributed by atoms with Crippen molar-refractivity contribution in [3.8, 4) is 0 Å². The summed E-state index contributed by atoms with van der Waals surface area (Å²) in [5.41, 5.74) is 4.08. The molecule has 0 aliphatic carbocycles. The summed E-state index contributed by atoms with van der Waals surface area (Å²) >= 11 is 0. The van der Waals surface area contributed by atoms with Crippen LogP contribution >= 0.6 is 0 Å². The van der Waals surface area contributed by atoms with Crippen LogP contribution in [0.2, 0.25) is 0 Å². The second-order valence-corrected chi connectivity index (χ2v) is 9.48. The molecule has 1 saturated heterocycles. The predicted molar refractivity (Wildman–Crippen MR) is 116 cm³/mol. The first kappa shape index (κ1) is 20.4. The lowest BCUT2D eigenvalue weighted by molar-refractivity contribution is 0.102. The van der Waals surface area contributed by atoms with Gasteiger partial charge in [-0.25, -0.2) is 18.4 Å². The zero-order valence-electron chi connectivity index (χ0n) is 17.1. The number of hydrogen-bond donors (Lipinski definition) is 1. The van der Waals surface area contributed by atoms with Crippen molar-refractivity contribution in [2.75, 3.05) is 18.4 Å². The molecule has 3 aromatic rings. The lowest BCUT2D eigenvalue weighted by Crippen LogP contribution is -2.35. The van der Waals surface area contributed by atoms with Gasteiger partial charge in [-0.3, -0.25) is 4.79 Å². The minimum absolute atomic E-state index is 0.245. The van der Waals surface area contributed by atoms with E-state index in [1.165, 1.54) is 16.4 Å². The van der Waals surface area contributed by atoms with Crippen LogP contribution in [0, 0.1) is 13.8 Å². The number of sulfonamides is 1. The van der Waals surface area contributed by atoms with Gasteiger partial charge in [0.25, 0.3) is 5.91 Å². The first-order valence-corrected chi connectivity index (χ1v) is 11.5. The van der Waals surface area contributed by atoms with Crippen LogP contribution in [0.4, 0.5) is 5.69 Å². The third-order valence-electron chi connectivity index (χ3n) is 5.40. The molecule has 0 unspecified atom stereocenters. The van der Waals surface area contributed by atoms with Crippen LogP contribution in [0.25, 0.3) is 11.0 Å². The van der Waals surface area contributed by atoms with Gasteiger partial charge < -0.3 is 5.32 Å². The number of carbonyl (C=O) groups excluding carboxylic acids is 1. The maximum absolute atomic E-state index is 12.7. The first-order valence-electron chi connectivity index (χ1n) is 10.0. The SMILES string of the molecule is Cc1nc2ccc(C(=O)Nc3ccc(S(=O)(=O)N4CCCCC4)cc3)cc2nc1C. The van der Waals surface area contributed by atoms with Crippen LogP contribution in [0.5, 0.6) is 0 Å². The highest BCUT2D eigenvalue weighted by Crippen LogP contribution is 2.22.